The average molecular weight is 211 g/mol. The summed E-state index contributed by atoms with van der Waals surface area (Å²) >= 11 is 0. The summed E-state index contributed by atoms with van der Waals surface area (Å²) in [6.45, 7) is 2.07. The second-order valence-electron chi connectivity index (χ2n) is 4.74. The van der Waals surface area contributed by atoms with E-state index in [-0.39, 0.29) is 11.3 Å². The minimum absolute atomic E-state index is 0.146. The van der Waals surface area contributed by atoms with Gasteiger partial charge in [0.25, 0.3) is 0 Å². The fourth-order valence-corrected chi connectivity index (χ4v) is 3.40. The van der Waals surface area contributed by atoms with Crippen molar-refractivity contribution in [2.24, 2.45) is 5.41 Å². The molecule has 2 heterocycles. The van der Waals surface area contributed by atoms with Gasteiger partial charge in [-0.1, -0.05) is 0 Å². The van der Waals surface area contributed by atoms with Gasteiger partial charge in [0.1, 0.15) is 5.41 Å². The maximum atomic E-state index is 12.1. The molecule has 1 atom stereocenters. The molecular weight excluding hydrogens is 194 g/mol. The largest absolute Gasteiger partial charge is 0.355 e. The molecule has 0 bridgehead atoms. The highest BCUT2D eigenvalue weighted by atomic mass is 16.7. The summed E-state index contributed by atoms with van der Waals surface area (Å²) in [5, 5.41) is 2.97. The predicted molar refractivity (Wildman–Crippen MR) is 53.2 cm³/mol. The fraction of sp³-hybridized carbons (Fsp3) is 0.909. The van der Waals surface area contributed by atoms with Crippen LogP contribution in [0.3, 0.4) is 0 Å². The summed E-state index contributed by atoms with van der Waals surface area (Å²) in [6.07, 6.45) is 4.78. The van der Waals surface area contributed by atoms with E-state index in [4.69, 9.17) is 9.47 Å². The molecule has 1 unspecified atom stereocenters. The third-order valence-electron chi connectivity index (χ3n) is 4.09. The zero-order valence-electron chi connectivity index (χ0n) is 8.88. The Hall–Kier alpha value is -0.610. The Balaban J connectivity index is 1.97. The summed E-state index contributed by atoms with van der Waals surface area (Å²) in [7, 11) is 0. The molecule has 1 aliphatic carbocycles. The molecule has 0 aromatic heterocycles. The van der Waals surface area contributed by atoms with E-state index in [0.29, 0.717) is 13.2 Å². The average Bonchev–Trinajstić information content (AvgIpc) is 2.83. The van der Waals surface area contributed by atoms with Crippen molar-refractivity contribution < 1.29 is 14.3 Å². The quantitative estimate of drug-likeness (QED) is 0.645. The van der Waals surface area contributed by atoms with E-state index >= 15 is 0 Å². The smallest absolute Gasteiger partial charge is 0.231 e. The van der Waals surface area contributed by atoms with Crippen molar-refractivity contribution in [2.45, 2.75) is 37.9 Å². The lowest BCUT2D eigenvalue weighted by molar-refractivity contribution is -0.224. The third kappa shape index (κ3) is 1.12. The van der Waals surface area contributed by atoms with E-state index in [0.717, 1.165) is 38.6 Å². The van der Waals surface area contributed by atoms with E-state index in [2.05, 4.69) is 5.32 Å². The van der Waals surface area contributed by atoms with Crippen molar-refractivity contribution in [3.8, 4) is 0 Å². The van der Waals surface area contributed by atoms with Gasteiger partial charge >= 0.3 is 0 Å². The molecule has 84 valence electrons. The van der Waals surface area contributed by atoms with Crippen LogP contribution in [-0.2, 0) is 14.3 Å². The molecule has 0 aromatic carbocycles. The molecule has 3 fully saturated rings. The number of fused-ring (bicyclic) bond motifs is 1. The maximum absolute atomic E-state index is 12.1. The molecule has 1 amide bonds. The van der Waals surface area contributed by atoms with Crippen molar-refractivity contribution >= 4 is 5.91 Å². The molecule has 0 aromatic rings. The molecule has 1 N–H and O–H groups in total. The standard InChI is InChI=1S/C11H17NO3/c13-9-10(4-2-6-12-9)3-1-5-11(10)14-7-8-15-11/h1-8H2,(H,12,13). The Morgan fingerprint density at radius 2 is 1.80 bits per heavy atom. The Labute approximate surface area is 89.3 Å². The van der Waals surface area contributed by atoms with Crippen molar-refractivity contribution in [1.29, 1.82) is 0 Å². The summed E-state index contributed by atoms with van der Waals surface area (Å²) in [4.78, 5) is 12.1. The molecule has 2 spiro atoms. The third-order valence-corrected chi connectivity index (χ3v) is 4.09. The Bertz CT molecular complexity index is 280. The normalized spacial score (nSPS) is 38.8. The molecular formula is C11H17NO3. The van der Waals surface area contributed by atoms with E-state index in [1.165, 1.54) is 0 Å². The minimum atomic E-state index is -0.586. The Kier molecular flexibility index (Phi) is 2.04. The number of hydrogen-bond donors (Lipinski definition) is 1. The van der Waals surface area contributed by atoms with Crippen molar-refractivity contribution in [2.75, 3.05) is 19.8 Å². The van der Waals surface area contributed by atoms with Crippen molar-refractivity contribution in [3.63, 3.8) is 0 Å². The second kappa shape index (κ2) is 3.19. The number of piperidine rings is 1. The summed E-state index contributed by atoms with van der Waals surface area (Å²) in [5.74, 6) is -0.439. The molecule has 15 heavy (non-hydrogen) atoms. The van der Waals surface area contributed by atoms with Crippen molar-refractivity contribution in [1.82, 2.24) is 5.32 Å². The maximum Gasteiger partial charge on any atom is 0.231 e. The van der Waals surface area contributed by atoms with E-state index in [9.17, 15) is 4.79 Å². The van der Waals surface area contributed by atoms with Gasteiger partial charge in [0.2, 0.25) is 5.91 Å². The van der Waals surface area contributed by atoms with Gasteiger partial charge in [0.05, 0.1) is 13.2 Å². The van der Waals surface area contributed by atoms with Gasteiger partial charge in [0, 0.05) is 13.0 Å². The number of carbonyl (C=O) groups excluding carboxylic acids is 1. The number of nitrogens with one attached hydrogen (secondary N) is 1. The predicted octanol–water partition coefficient (Wildman–Crippen LogP) is 0.810. The summed E-state index contributed by atoms with van der Waals surface area (Å²) in [6, 6.07) is 0. The fourth-order valence-electron chi connectivity index (χ4n) is 3.40. The Morgan fingerprint density at radius 1 is 1.07 bits per heavy atom. The lowest BCUT2D eigenvalue weighted by Gasteiger charge is -2.42. The molecule has 2 aliphatic heterocycles. The first-order chi connectivity index (χ1) is 7.29. The van der Waals surface area contributed by atoms with Crippen LogP contribution in [0.5, 0.6) is 0 Å². The molecule has 3 rings (SSSR count). The SMILES string of the molecule is O=C1NCCCC12CCCC21OCCO1. The molecule has 0 radical (unpaired) electrons. The molecule has 4 nitrogen and oxygen atoms in total. The van der Waals surface area contributed by atoms with Gasteiger partial charge in [-0.05, 0) is 25.7 Å². The van der Waals surface area contributed by atoms with E-state index < -0.39 is 5.79 Å². The highest BCUT2D eigenvalue weighted by molar-refractivity contribution is 5.85. The van der Waals surface area contributed by atoms with Crippen LogP contribution in [0.15, 0.2) is 0 Å². The van der Waals surface area contributed by atoms with Gasteiger partial charge in [0.15, 0.2) is 5.79 Å². The van der Waals surface area contributed by atoms with Crippen molar-refractivity contribution in [3.05, 3.63) is 0 Å². The number of carbonyl (C=O) groups is 1. The van der Waals surface area contributed by atoms with Gasteiger partial charge in [-0.15, -0.1) is 0 Å². The number of ether oxygens (including phenoxy) is 2. The zero-order chi connectivity index (χ0) is 10.4. The number of hydrogen-bond acceptors (Lipinski definition) is 3. The summed E-state index contributed by atoms with van der Waals surface area (Å²) in [5.41, 5.74) is -0.387. The van der Waals surface area contributed by atoms with Gasteiger partial charge in [-0.2, -0.15) is 0 Å². The van der Waals surface area contributed by atoms with Crippen LogP contribution in [0.4, 0.5) is 0 Å². The minimum Gasteiger partial charge on any atom is -0.355 e. The highest BCUT2D eigenvalue weighted by Gasteiger charge is 2.63. The number of rotatable bonds is 0. The summed E-state index contributed by atoms with van der Waals surface area (Å²) < 4.78 is 11.6. The van der Waals surface area contributed by atoms with Crippen LogP contribution in [-0.4, -0.2) is 31.5 Å². The first-order valence-corrected chi connectivity index (χ1v) is 5.85. The van der Waals surface area contributed by atoms with Crippen LogP contribution in [0, 0.1) is 5.41 Å². The molecule has 4 heteroatoms. The topological polar surface area (TPSA) is 47.6 Å². The van der Waals surface area contributed by atoms with Crippen LogP contribution in [0.25, 0.3) is 0 Å². The zero-order valence-corrected chi connectivity index (χ0v) is 8.88. The second-order valence-corrected chi connectivity index (χ2v) is 4.74. The molecule has 1 saturated carbocycles. The molecule has 2 saturated heterocycles. The lowest BCUT2D eigenvalue weighted by atomic mass is 9.74. The first-order valence-electron chi connectivity index (χ1n) is 5.85. The lowest BCUT2D eigenvalue weighted by Crippen LogP contribution is -2.57. The Morgan fingerprint density at radius 3 is 2.53 bits per heavy atom. The van der Waals surface area contributed by atoms with Crippen LogP contribution < -0.4 is 5.32 Å². The number of amides is 1. The van der Waals surface area contributed by atoms with Gasteiger partial charge in [-0.25, -0.2) is 0 Å². The van der Waals surface area contributed by atoms with E-state index in [1.807, 2.05) is 0 Å². The first kappa shape index (κ1) is 9.60. The van der Waals surface area contributed by atoms with Gasteiger partial charge < -0.3 is 14.8 Å². The van der Waals surface area contributed by atoms with Crippen LogP contribution >= 0.6 is 0 Å². The van der Waals surface area contributed by atoms with Gasteiger partial charge in [-0.3, -0.25) is 4.79 Å². The molecule has 3 aliphatic rings. The highest BCUT2D eigenvalue weighted by Crippen LogP contribution is 2.55. The van der Waals surface area contributed by atoms with Crippen LogP contribution in [0.1, 0.15) is 32.1 Å². The van der Waals surface area contributed by atoms with E-state index in [1.54, 1.807) is 0 Å². The monoisotopic (exact) mass is 211 g/mol. The van der Waals surface area contributed by atoms with Crippen LogP contribution in [0.2, 0.25) is 0 Å².